The Labute approximate surface area is 158 Å². The molecule has 1 aromatic rings. The van der Waals surface area contributed by atoms with Crippen molar-refractivity contribution < 1.29 is 13.2 Å². The average molecular weight is 378 g/mol. The minimum atomic E-state index is -4.46. The molecule has 1 aliphatic carbocycles. The lowest BCUT2D eigenvalue weighted by atomic mass is 10.0. The van der Waals surface area contributed by atoms with E-state index in [1.165, 1.54) is 0 Å². The van der Waals surface area contributed by atoms with E-state index in [0.29, 0.717) is 24.5 Å². The number of hydrogen-bond acceptors (Lipinski definition) is 3. The zero-order valence-electron chi connectivity index (χ0n) is 15.6. The highest BCUT2D eigenvalue weighted by molar-refractivity contribution is 5.85. The molecule has 0 heterocycles. The standard InChI is InChI=1S/C21H25F3N2O/c1-15(21(22,23)24)13-20(26-16(2)19-5-3-4-6-19)14-18-9-7-17(8-10-18)11-12-25-27/h7-10,13,19H,1,3-6,11-12,14H2,2H3/b20-13-,26-16?. The van der Waals surface area contributed by atoms with Crippen molar-refractivity contribution in [2.75, 3.05) is 6.54 Å². The second-order valence-corrected chi connectivity index (χ2v) is 6.99. The number of halogens is 3. The number of hydrogen-bond donors (Lipinski definition) is 0. The molecule has 0 spiro atoms. The highest BCUT2D eigenvalue weighted by Gasteiger charge is 2.30. The third-order valence-corrected chi connectivity index (χ3v) is 4.87. The van der Waals surface area contributed by atoms with Crippen LogP contribution in [0.2, 0.25) is 0 Å². The maximum Gasteiger partial charge on any atom is 0.415 e. The van der Waals surface area contributed by atoms with Crippen molar-refractivity contribution in [2.45, 2.75) is 51.6 Å². The molecule has 0 N–H and O–H groups in total. The second kappa shape index (κ2) is 9.62. The van der Waals surface area contributed by atoms with Gasteiger partial charge in [-0.1, -0.05) is 48.9 Å². The molecule has 0 aromatic heterocycles. The van der Waals surface area contributed by atoms with E-state index in [-0.39, 0.29) is 6.54 Å². The topological polar surface area (TPSA) is 41.8 Å². The van der Waals surface area contributed by atoms with E-state index >= 15 is 0 Å². The summed E-state index contributed by atoms with van der Waals surface area (Å²) < 4.78 is 38.8. The van der Waals surface area contributed by atoms with Crippen LogP contribution < -0.4 is 0 Å². The van der Waals surface area contributed by atoms with E-state index in [0.717, 1.165) is 48.6 Å². The van der Waals surface area contributed by atoms with Crippen LogP contribution >= 0.6 is 0 Å². The predicted molar refractivity (Wildman–Crippen MR) is 103 cm³/mol. The third kappa shape index (κ3) is 6.77. The fourth-order valence-electron chi connectivity index (χ4n) is 3.27. The molecule has 0 aliphatic heterocycles. The lowest BCUT2D eigenvalue weighted by Crippen LogP contribution is -2.11. The molecule has 1 aromatic carbocycles. The molecule has 3 nitrogen and oxygen atoms in total. The van der Waals surface area contributed by atoms with Gasteiger partial charge in [0.25, 0.3) is 0 Å². The van der Waals surface area contributed by atoms with Gasteiger partial charge >= 0.3 is 6.18 Å². The van der Waals surface area contributed by atoms with E-state index < -0.39 is 11.7 Å². The van der Waals surface area contributed by atoms with Crippen LogP contribution in [0.5, 0.6) is 0 Å². The third-order valence-electron chi connectivity index (χ3n) is 4.87. The molecule has 1 saturated carbocycles. The van der Waals surface area contributed by atoms with Crippen molar-refractivity contribution in [1.82, 2.24) is 0 Å². The van der Waals surface area contributed by atoms with Crippen molar-refractivity contribution in [1.29, 1.82) is 0 Å². The summed E-state index contributed by atoms with van der Waals surface area (Å²) in [6.45, 7) is 5.26. The molecule has 0 radical (unpaired) electrons. The largest absolute Gasteiger partial charge is 0.415 e. The Morgan fingerprint density at radius 2 is 1.78 bits per heavy atom. The van der Waals surface area contributed by atoms with Crippen molar-refractivity contribution in [3.05, 3.63) is 64.2 Å². The van der Waals surface area contributed by atoms with Gasteiger partial charge in [0.15, 0.2) is 0 Å². The smallest absolute Gasteiger partial charge is 0.262 e. The molecular weight excluding hydrogens is 353 g/mol. The summed E-state index contributed by atoms with van der Waals surface area (Å²) in [5.74, 6) is 0.353. The van der Waals surface area contributed by atoms with Crippen LogP contribution in [0.25, 0.3) is 0 Å². The van der Waals surface area contributed by atoms with E-state index in [1.807, 2.05) is 31.2 Å². The van der Waals surface area contributed by atoms with Crippen LogP contribution in [0.1, 0.15) is 43.7 Å². The highest BCUT2D eigenvalue weighted by Crippen LogP contribution is 2.29. The minimum absolute atomic E-state index is 0.209. The Bertz CT molecular complexity index is 712. The van der Waals surface area contributed by atoms with Crippen LogP contribution in [-0.2, 0) is 12.8 Å². The van der Waals surface area contributed by atoms with Gasteiger partial charge in [0.2, 0.25) is 0 Å². The van der Waals surface area contributed by atoms with Crippen LogP contribution in [0.4, 0.5) is 13.2 Å². The van der Waals surface area contributed by atoms with E-state index in [4.69, 9.17) is 0 Å². The first-order chi connectivity index (χ1) is 12.8. The highest BCUT2D eigenvalue weighted by atomic mass is 19.4. The first kappa shape index (κ1) is 21.1. The summed E-state index contributed by atoms with van der Waals surface area (Å²) in [4.78, 5) is 14.8. The Morgan fingerprint density at radius 1 is 1.19 bits per heavy atom. The summed E-state index contributed by atoms with van der Waals surface area (Å²) in [5.41, 5.74) is 2.19. The molecule has 0 saturated heterocycles. The lowest BCUT2D eigenvalue weighted by molar-refractivity contribution is -0.0879. The second-order valence-electron chi connectivity index (χ2n) is 6.99. The number of rotatable bonds is 8. The minimum Gasteiger partial charge on any atom is -0.262 e. The number of benzene rings is 1. The van der Waals surface area contributed by atoms with E-state index in [1.54, 1.807) is 0 Å². The SMILES string of the molecule is C=C(/C=C(/Cc1ccc(CCN=O)cc1)N=C(C)C1CCCC1)C(F)(F)F. The number of nitrogens with zero attached hydrogens (tertiary/aromatic N) is 2. The summed E-state index contributed by atoms with van der Waals surface area (Å²) in [6.07, 6.45) is 1.80. The van der Waals surface area contributed by atoms with Gasteiger partial charge in [-0.2, -0.15) is 18.1 Å². The number of allylic oxidation sites excluding steroid dienone is 3. The summed E-state index contributed by atoms with van der Waals surface area (Å²) >= 11 is 0. The molecule has 1 fully saturated rings. The van der Waals surface area contributed by atoms with E-state index in [2.05, 4.69) is 16.7 Å². The van der Waals surface area contributed by atoms with Gasteiger partial charge in [-0.3, -0.25) is 4.99 Å². The Hall–Kier alpha value is -2.24. The van der Waals surface area contributed by atoms with Gasteiger partial charge in [-0.25, -0.2) is 0 Å². The van der Waals surface area contributed by atoms with Crippen molar-refractivity contribution in [3.8, 4) is 0 Å². The van der Waals surface area contributed by atoms with Gasteiger partial charge in [0.05, 0.1) is 12.1 Å². The predicted octanol–water partition coefficient (Wildman–Crippen LogP) is 6.19. The van der Waals surface area contributed by atoms with Crippen molar-refractivity contribution in [2.24, 2.45) is 16.1 Å². The monoisotopic (exact) mass is 378 g/mol. The molecular formula is C21H25F3N2O. The Balaban J connectivity index is 2.21. The number of nitroso groups, excluding NO2 is 1. The van der Waals surface area contributed by atoms with Gasteiger partial charge in [-0.15, -0.1) is 0 Å². The van der Waals surface area contributed by atoms with Gasteiger partial charge < -0.3 is 0 Å². The molecule has 146 valence electrons. The van der Waals surface area contributed by atoms with Crippen molar-refractivity contribution in [3.63, 3.8) is 0 Å². The first-order valence-corrected chi connectivity index (χ1v) is 9.18. The van der Waals surface area contributed by atoms with Crippen LogP contribution in [0, 0.1) is 10.8 Å². The van der Waals surface area contributed by atoms with E-state index in [9.17, 15) is 18.1 Å². The molecule has 0 atom stereocenters. The average Bonchev–Trinajstić information content (AvgIpc) is 3.15. The maximum absolute atomic E-state index is 12.9. The Morgan fingerprint density at radius 3 is 2.33 bits per heavy atom. The fraction of sp³-hybridized carbons (Fsp3) is 0.476. The lowest BCUT2D eigenvalue weighted by Gasteiger charge is -2.12. The van der Waals surface area contributed by atoms with Crippen LogP contribution in [-0.4, -0.2) is 18.4 Å². The van der Waals surface area contributed by atoms with Crippen LogP contribution in [0.3, 0.4) is 0 Å². The molecule has 6 heteroatoms. The quantitative estimate of drug-likeness (QED) is 0.302. The van der Waals surface area contributed by atoms with Gasteiger partial charge in [-0.05, 0) is 49.3 Å². The normalized spacial score (nSPS) is 16.6. The zero-order valence-corrected chi connectivity index (χ0v) is 15.6. The number of aliphatic imine (C=N–C) groups is 1. The number of alkyl halides is 3. The maximum atomic E-state index is 12.9. The molecule has 0 amide bonds. The van der Waals surface area contributed by atoms with Crippen LogP contribution in [0.15, 0.2) is 58.4 Å². The molecule has 1 aliphatic rings. The molecule has 27 heavy (non-hydrogen) atoms. The van der Waals surface area contributed by atoms with Gasteiger partial charge in [0, 0.05) is 17.8 Å². The van der Waals surface area contributed by atoms with Crippen molar-refractivity contribution >= 4 is 5.71 Å². The summed E-state index contributed by atoms with van der Waals surface area (Å²) in [5, 5.41) is 2.83. The summed E-state index contributed by atoms with van der Waals surface area (Å²) in [7, 11) is 0. The molecule has 0 bridgehead atoms. The fourth-order valence-corrected chi connectivity index (χ4v) is 3.27. The molecule has 0 unspecified atom stereocenters. The first-order valence-electron chi connectivity index (χ1n) is 9.18. The summed E-state index contributed by atoms with van der Waals surface area (Å²) in [6, 6.07) is 7.43. The Kier molecular flexibility index (Phi) is 7.51. The molecule has 2 rings (SSSR count). The zero-order chi connectivity index (χ0) is 19.9. The van der Waals surface area contributed by atoms with Gasteiger partial charge in [0.1, 0.15) is 0 Å².